The van der Waals surface area contributed by atoms with Gasteiger partial charge in [-0.15, -0.1) is 22.7 Å². The molecule has 0 aromatic carbocycles. The molecule has 118 valence electrons. The normalized spacial score (nSPS) is 16.5. The number of carboxylic acid groups (broad SMARTS) is 1. The van der Waals surface area contributed by atoms with E-state index in [2.05, 4.69) is 24.1 Å². The van der Waals surface area contributed by atoms with Gasteiger partial charge in [-0.2, -0.15) is 0 Å². The number of aromatic nitrogens is 1. The summed E-state index contributed by atoms with van der Waals surface area (Å²) in [4.78, 5) is 18.5. The molecule has 0 saturated carbocycles. The van der Waals surface area contributed by atoms with Crippen molar-refractivity contribution in [2.24, 2.45) is 5.41 Å². The molecule has 2 heterocycles. The van der Waals surface area contributed by atoms with E-state index >= 15 is 0 Å². The molecule has 2 aromatic rings. The Morgan fingerprint density at radius 1 is 1.50 bits per heavy atom. The number of nitrogens with one attached hydrogen (secondary N) is 1. The van der Waals surface area contributed by atoms with Crippen LogP contribution in [0.15, 0.2) is 5.38 Å². The zero-order valence-electron chi connectivity index (χ0n) is 13.0. The quantitative estimate of drug-likeness (QED) is 0.891. The molecule has 0 fully saturated rings. The number of carboxylic acids is 1. The first-order valence-electron chi connectivity index (χ1n) is 7.38. The van der Waals surface area contributed by atoms with Crippen molar-refractivity contribution in [1.82, 2.24) is 10.3 Å². The molecule has 0 radical (unpaired) electrons. The van der Waals surface area contributed by atoms with E-state index in [1.54, 1.807) is 11.3 Å². The molecule has 2 N–H and O–H groups in total. The van der Waals surface area contributed by atoms with Gasteiger partial charge in [0.25, 0.3) is 0 Å². The number of aryl methyl sites for hydroxylation is 1. The third-order valence-electron chi connectivity index (χ3n) is 4.09. The van der Waals surface area contributed by atoms with Crippen molar-refractivity contribution in [2.75, 3.05) is 7.05 Å². The summed E-state index contributed by atoms with van der Waals surface area (Å²) < 4.78 is 0. The van der Waals surface area contributed by atoms with Crippen molar-refractivity contribution in [1.29, 1.82) is 0 Å². The minimum absolute atomic E-state index is 0.176. The van der Waals surface area contributed by atoms with Crippen molar-refractivity contribution in [3.63, 3.8) is 0 Å². The van der Waals surface area contributed by atoms with Crippen LogP contribution in [0.1, 0.15) is 46.8 Å². The number of thiophene rings is 1. The molecule has 0 amide bonds. The van der Waals surface area contributed by atoms with Crippen molar-refractivity contribution in [3.8, 4) is 9.88 Å². The van der Waals surface area contributed by atoms with E-state index in [1.807, 2.05) is 12.4 Å². The van der Waals surface area contributed by atoms with Gasteiger partial charge in [0, 0.05) is 16.8 Å². The van der Waals surface area contributed by atoms with Crippen molar-refractivity contribution in [3.05, 3.63) is 27.1 Å². The van der Waals surface area contributed by atoms with Gasteiger partial charge in [-0.1, -0.05) is 13.8 Å². The van der Waals surface area contributed by atoms with Gasteiger partial charge in [0.05, 0.1) is 16.1 Å². The molecule has 0 atom stereocenters. The number of fused-ring (bicyclic) bond motifs is 1. The number of aromatic carboxylic acids is 1. The van der Waals surface area contributed by atoms with Crippen LogP contribution in [0.5, 0.6) is 0 Å². The average Bonchev–Trinajstić information content (AvgIpc) is 3.01. The fourth-order valence-electron chi connectivity index (χ4n) is 2.97. The van der Waals surface area contributed by atoms with E-state index in [0.29, 0.717) is 12.1 Å². The first-order chi connectivity index (χ1) is 10.4. The van der Waals surface area contributed by atoms with Crippen LogP contribution in [0.4, 0.5) is 0 Å². The van der Waals surface area contributed by atoms with E-state index in [9.17, 15) is 9.90 Å². The Bertz CT molecular complexity index is 716. The van der Waals surface area contributed by atoms with Crippen LogP contribution in [-0.2, 0) is 19.4 Å². The molecule has 1 aliphatic carbocycles. The Kier molecular flexibility index (Phi) is 4.09. The Balaban J connectivity index is 2.08. The predicted octanol–water partition coefficient (Wildman–Crippen LogP) is 3.80. The number of thiazole rings is 1. The van der Waals surface area contributed by atoms with Gasteiger partial charge < -0.3 is 10.4 Å². The molecule has 0 spiro atoms. The lowest BCUT2D eigenvalue weighted by molar-refractivity contribution is 0.0696. The fourth-order valence-corrected chi connectivity index (χ4v) is 5.20. The number of hydrogen-bond acceptors (Lipinski definition) is 5. The average molecular weight is 336 g/mol. The summed E-state index contributed by atoms with van der Waals surface area (Å²) in [5.74, 6) is -0.824. The second-order valence-corrected chi connectivity index (χ2v) is 8.49. The van der Waals surface area contributed by atoms with Crippen molar-refractivity contribution < 1.29 is 9.90 Å². The van der Waals surface area contributed by atoms with Gasteiger partial charge in [0.15, 0.2) is 0 Å². The molecule has 1 aliphatic rings. The third-order valence-corrected chi connectivity index (χ3v) is 6.43. The summed E-state index contributed by atoms with van der Waals surface area (Å²) >= 11 is 3.16. The molecule has 22 heavy (non-hydrogen) atoms. The highest BCUT2D eigenvalue weighted by Crippen LogP contribution is 2.45. The molecular formula is C16H20N2O2S2. The van der Waals surface area contributed by atoms with Crippen LogP contribution in [0.2, 0.25) is 0 Å². The van der Waals surface area contributed by atoms with Crippen molar-refractivity contribution >= 4 is 28.6 Å². The lowest BCUT2D eigenvalue weighted by atomic mass is 9.76. The largest absolute Gasteiger partial charge is 0.478 e. The van der Waals surface area contributed by atoms with Gasteiger partial charge >= 0.3 is 5.97 Å². The second-order valence-electron chi connectivity index (χ2n) is 6.53. The van der Waals surface area contributed by atoms with Gasteiger partial charge in [0.2, 0.25) is 0 Å². The van der Waals surface area contributed by atoms with E-state index < -0.39 is 5.97 Å². The highest BCUT2D eigenvalue weighted by molar-refractivity contribution is 7.21. The summed E-state index contributed by atoms with van der Waals surface area (Å²) in [7, 11) is 1.88. The molecule has 0 bridgehead atoms. The predicted molar refractivity (Wildman–Crippen MR) is 91.0 cm³/mol. The monoisotopic (exact) mass is 336 g/mol. The maximum Gasteiger partial charge on any atom is 0.337 e. The first kappa shape index (κ1) is 15.6. The van der Waals surface area contributed by atoms with Gasteiger partial charge in [-0.3, -0.25) is 0 Å². The highest BCUT2D eigenvalue weighted by atomic mass is 32.1. The Hall–Kier alpha value is -1.24. The summed E-state index contributed by atoms with van der Waals surface area (Å²) in [6, 6.07) is 0. The molecular weight excluding hydrogens is 316 g/mol. The van der Waals surface area contributed by atoms with E-state index in [4.69, 9.17) is 0 Å². The van der Waals surface area contributed by atoms with Gasteiger partial charge in [-0.05, 0) is 37.3 Å². The van der Waals surface area contributed by atoms with Crippen LogP contribution in [0.25, 0.3) is 9.88 Å². The Labute approximate surface area is 138 Å². The maximum absolute atomic E-state index is 11.8. The van der Waals surface area contributed by atoms with Crippen LogP contribution >= 0.6 is 22.7 Å². The first-order valence-corrected chi connectivity index (χ1v) is 9.08. The van der Waals surface area contributed by atoms with E-state index in [-0.39, 0.29) is 5.41 Å². The van der Waals surface area contributed by atoms with Crippen LogP contribution in [-0.4, -0.2) is 23.1 Å². The molecule has 0 unspecified atom stereocenters. The fraction of sp³-hybridized carbons (Fsp3) is 0.500. The topological polar surface area (TPSA) is 62.2 Å². The molecule has 2 aromatic heterocycles. The SMILES string of the molecule is CNCc1csc(-c2sc3c(c2C(=O)O)CC(C)(C)CC3)n1. The molecule has 6 heteroatoms. The Morgan fingerprint density at radius 2 is 2.27 bits per heavy atom. The lowest BCUT2D eigenvalue weighted by Gasteiger charge is -2.29. The Morgan fingerprint density at radius 3 is 2.95 bits per heavy atom. The number of hydrogen-bond donors (Lipinski definition) is 2. The third kappa shape index (κ3) is 2.83. The standard InChI is InChI=1S/C16H20N2O2S2/c1-16(2)5-4-11-10(6-16)12(15(19)20)13(22-11)14-18-9(7-17-3)8-21-14/h8,17H,4-7H2,1-3H3,(H,19,20). The minimum atomic E-state index is -0.824. The van der Waals surface area contributed by atoms with Crippen LogP contribution < -0.4 is 5.32 Å². The highest BCUT2D eigenvalue weighted by Gasteiger charge is 2.33. The summed E-state index contributed by atoms with van der Waals surface area (Å²) in [6.07, 6.45) is 2.93. The lowest BCUT2D eigenvalue weighted by Crippen LogP contribution is -2.22. The van der Waals surface area contributed by atoms with E-state index in [0.717, 1.165) is 40.4 Å². The molecule has 0 saturated heterocycles. The van der Waals surface area contributed by atoms with E-state index in [1.165, 1.54) is 16.2 Å². The minimum Gasteiger partial charge on any atom is -0.478 e. The second kappa shape index (κ2) is 5.76. The summed E-state index contributed by atoms with van der Waals surface area (Å²) in [6.45, 7) is 5.14. The van der Waals surface area contributed by atoms with Crippen LogP contribution in [0, 0.1) is 5.41 Å². The number of carbonyl (C=O) groups is 1. The molecule has 4 nitrogen and oxygen atoms in total. The maximum atomic E-state index is 11.8. The smallest absolute Gasteiger partial charge is 0.337 e. The van der Waals surface area contributed by atoms with Crippen molar-refractivity contribution in [2.45, 2.75) is 39.7 Å². The number of nitrogens with zero attached hydrogens (tertiary/aromatic N) is 1. The van der Waals surface area contributed by atoms with Crippen LogP contribution in [0.3, 0.4) is 0 Å². The van der Waals surface area contributed by atoms with Gasteiger partial charge in [0.1, 0.15) is 5.01 Å². The van der Waals surface area contributed by atoms with Gasteiger partial charge in [-0.25, -0.2) is 9.78 Å². The zero-order chi connectivity index (χ0) is 15.9. The molecule has 0 aliphatic heterocycles. The summed E-state index contributed by atoms with van der Waals surface area (Å²) in [5.41, 5.74) is 2.66. The molecule has 3 rings (SSSR count). The zero-order valence-corrected chi connectivity index (χ0v) is 14.7. The summed E-state index contributed by atoms with van der Waals surface area (Å²) in [5, 5.41) is 15.6. The number of rotatable bonds is 4.